The molecule has 146 valence electrons. The van der Waals surface area contributed by atoms with Crippen LogP contribution in [0.1, 0.15) is 50.2 Å². The molecule has 2 heterocycles. The number of nitrogens with zero attached hydrogens (tertiary/aromatic N) is 4. The van der Waals surface area contributed by atoms with E-state index in [1.54, 1.807) is 11.8 Å². The van der Waals surface area contributed by atoms with Crippen molar-refractivity contribution in [2.75, 3.05) is 25.9 Å². The Kier molecular flexibility index (Phi) is 5.96. The first-order valence-electron chi connectivity index (χ1n) is 9.36. The first-order chi connectivity index (χ1) is 12.3. The number of hydrogen-bond acceptors (Lipinski definition) is 6. The summed E-state index contributed by atoms with van der Waals surface area (Å²) in [5.41, 5.74) is 0. The average molecular weight is 385 g/mol. The lowest BCUT2D eigenvalue weighted by atomic mass is 9.86. The predicted molar refractivity (Wildman–Crippen MR) is 95.8 cm³/mol. The molecule has 1 aliphatic carbocycles. The van der Waals surface area contributed by atoms with E-state index >= 15 is 0 Å². The minimum Gasteiger partial charge on any atom is -0.340 e. The van der Waals surface area contributed by atoms with Gasteiger partial charge in [-0.2, -0.15) is 9.29 Å². The Bertz CT molecular complexity index is 721. The van der Waals surface area contributed by atoms with Crippen LogP contribution in [0.25, 0.3) is 0 Å². The Morgan fingerprint density at radius 2 is 1.96 bits per heavy atom. The van der Waals surface area contributed by atoms with E-state index in [-0.39, 0.29) is 11.9 Å². The van der Waals surface area contributed by atoms with Crippen LogP contribution in [0.2, 0.25) is 0 Å². The van der Waals surface area contributed by atoms with Gasteiger partial charge in [-0.1, -0.05) is 24.4 Å². The van der Waals surface area contributed by atoms with E-state index < -0.39 is 10.0 Å². The Morgan fingerprint density at radius 1 is 1.27 bits per heavy atom. The quantitative estimate of drug-likeness (QED) is 0.704. The highest BCUT2D eigenvalue weighted by molar-refractivity contribution is 7.88. The number of aromatic nitrogens is 2. The third-order valence-electron chi connectivity index (χ3n) is 5.36. The van der Waals surface area contributed by atoms with Crippen LogP contribution >= 0.6 is 0 Å². The van der Waals surface area contributed by atoms with Gasteiger partial charge in [-0.25, -0.2) is 8.42 Å². The van der Waals surface area contributed by atoms with Crippen molar-refractivity contribution >= 4 is 15.9 Å². The van der Waals surface area contributed by atoms with Crippen LogP contribution in [-0.4, -0.2) is 65.6 Å². The number of sulfonamides is 1. The fourth-order valence-corrected chi connectivity index (χ4v) is 4.98. The lowest BCUT2D eigenvalue weighted by molar-refractivity contribution is -0.138. The van der Waals surface area contributed by atoms with E-state index in [9.17, 15) is 13.2 Å². The molecule has 0 atom stereocenters. The molecule has 0 aromatic carbocycles. The smallest absolute Gasteiger partial charge is 0.223 e. The normalized spacial score (nSPS) is 19.7. The zero-order valence-electron chi connectivity index (χ0n) is 15.6. The summed E-state index contributed by atoms with van der Waals surface area (Å²) in [5.74, 6) is 1.63. The molecule has 0 bridgehead atoms. The Hall–Kier alpha value is -1.48. The van der Waals surface area contributed by atoms with Gasteiger partial charge in [-0.3, -0.25) is 4.79 Å². The number of hydrogen-bond donors (Lipinski definition) is 0. The van der Waals surface area contributed by atoms with Crippen molar-refractivity contribution in [3.05, 3.63) is 11.7 Å². The lowest BCUT2D eigenvalue weighted by Crippen LogP contribution is -2.62. The second kappa shape index (κ2) is 8.04. The molecule has 8 nitrogen and oxygen atoms in total. The average Bonchev–Trinajstić information content (AvgIpc) is 2.94. The molecular weight excluding hydrogens is 356 g/mol. The summed E-state index contributed by atoms with van der Waals surface area (Å²) in [7, 11) is -3.36. The third-order valence-corrected chi connectivity index (χ3v) is 6.69. The van der Waals surface area contributed by atoms with E-state index in [2.05, 4.69) is 10.1 Å². The Labute approximate surface area is 155 Å². The van der Waals surface area contributed by atoms with Crippen LogP contribution in [0.15, 0.2) is 4.52 Å². The summed E-state index contributed by atoms with van der Waals surface area (Å²) < 4.78 is 30.7. The SMILES string of the molecule is Cc1nc(CCN(C2CN(C(=O)CC3CCCCC3)C2)S(C)(=O)=O)no1. The highest BCUT2D eigenvalue weighted by Gasteiger charge is 2.39. The van der Waals surface area contributed by atoms with Gasteiger partial charge in [0.15, 0.2) is 5.82 Å². The van der Waals surface area contributed by atoms with Gasteiger partial charge in [-0.05, 0) is 18.8 Å². The van der Waals surface area contributed by atoms with E-state index in [1.165, 1.54) is 29.8 Å². The molecule has 9 heteroatoms. The fraction of sp³-hybridized carbons (Fsp3) is 0.824. The van der Waals surface area contributed by atoms with Crippen molar-refractivity contribution < 1.29 is 17.7 Å². The first kappa shape index (κ1) is 19.3. The molecule has 26 heavy (non-hydrogen) atoms. The minimum absolute atomic E-state index is 0.159. The maximum Gasteiger partial charge on any atom is 0.223 e. The van der Waals surface area contributed by atoms with Gasteiger partial charge in [0.05, 0.1) is 12.3 Å². The summed E-state index contributed by atoms with van der Waals surface area (Å²) in [4.78, 5) is 18.3. The molecule has 2 aliphatic rings. The van der Waals surface area contributed by atoms with Crippen LogP contribution in [-0.2, 0) is 21.2 Å². The minimum atomic E-state index is -3.36. The predicted octanol–water partition coefficient (Wildman–Crippen LogP) is 1.36. The van der Waals surface area contributed by atoms with Gasteiger partial charge >= 0.3 is 0 Å². The van der Waals surface area contributed by atoms with Gasteiger partial charge in [0.25, 0.3) is 0 Å². The second-order valence-corrected chi connectivity index (χ2v) is 9.45. The Balaban J connectivity index is 1.50. The van der Waals surface area contributed by atoms with Crippen LogP contribution < -0.4 is 0 Å². The lowest BCUT2D eigenvalue weighted by Gasteiger charge is -2.44. The van der Waals surface area contributed by atoms with Crippen LogP contribution in [0.4, 0.5) is 0 Å². The van der Waals surface area contributed by atoms with Crippen molar-refractivity contribution in [2.24, 2.45) is 5.92 Å². The summed E-state index contributed by atoms with van der Waals surface area (Å²) in [6.07, 6.45) is 8.21. The highest BCUT2D eigenvalue weighted by atomic mass is 32.2. The van der Waals surface area contributed by atoms with Gasteiger partial charge in [0, 0.05) is 39.4 Å². The van der Waals surface area contributed by atoms with Crippen LogP contribution in [0, 0.1) is 12.8 Å². The molecule has 1 aromatic heterocycles. The molecule has 0 unspecified atom stereocenters. The van der Waals surface area contributed by atoms with Crippen LogP contribution in [0.3, 0.4) is 0 Å². The summed E-state index contributed by atoms with van der Waals surface area (Å²) >= 11 is 0. The second-order valence-electron chi connectivity index (χ2n) is 7.51. The van der Waals surface area contributed by atoms with Crippen molar-refractivity contribution in [1.82, 2.24) is 19.3 Å². The third kappa shape index (κ3) is 4.82. The summed E-state index contributed by atoms with van der Waals surface area (Å²) in [6.45, 7) is 2.95. The number of likely N-dealkylation sites (tertiary alicyclic amines) is 1. The molecule has 1 saturated heterocycles. The van der Waals surface area contributed by atoms with Gasteiger partial charge in [0.1, 0.15) is 0 Å². The molecule has 1 aromatic rings. The molecule has 2 fully saturated rings. The molecule has 0 radical (unpaired) electrons. The number of amides is 1. The zero-order chi connectivity index (χ0) is 18.7. The number of carbonyl (C=O) groups is 1. The van der Waals surface area contributed by atoms with Crippen LogP contribution in [0.5, 0.6) is 0 Å². The molecular formula is C17H28N4O4S. The van der Waals surface area contributed by atoms with E-state index in [0.717, 1.165) is 12.8 Å². The number of rotatable bonds is 7. The maximum atomic E-state index is 12.4. The van der Waals surface area contributed by atoms with E-state index in [0.29, 0.717) is 50.1 Å². The fourth-order valence-electron chi connectivity index (χ4n) is 3.88. The van der Waals surface area contributed by atoms with Crippen molar-refractivity contribution in [3.8, 4) is 0 Å². The standard InChI is InChI=1S/C17H28N4O4S/c1-13-18-16(19-25-13)8-9-21(26(2,23)24)15-11-20(12-15)17(22)10-14-6-4-3-5-7-14/h14-15H,3-12H2,1-2H3. The maximum absolute atomic E-state index is 12.4. The molecule has 0 N–H and O–H groups in total. The molecule has 1 saturated carbocycles. The molecule has 1 amide bonds. The first-order valence-corrected chi connectivity index (χ1v) is 11.2. The topological polar surface area (TPSA) is 96.6 Å². The van der Waals surface area contributed by atoms with Gasteiger partial charge in [0.2, 0.25) is 21.8 Å². The van der Waals surface area contributed by atoms with E-state index in [4.69, 9.17) is 4.52 Å². The Morgan fingerprint density at radius 3 is 2.54 bits per heavy atom. The van der Waals surface area contributed by atoms with Crippen molar-refractivity contribution in [2.45, 2.75) is 57.9 Å². The zero-order valence-corrected chi connectivity index (χ0v) is 16.4. The molecule has 1 aliphatic heterocycles. The van der Waals surface area contributed by atoms with Gasteiger partial charge in [-0.15, -0.1) is 0 Å². The largest absolute Gasteiger partial charge is 0.340 e. The van der Waals surface area contributed by atoms with Crippen molar-refractivity contribution in [3.63, 3.8) is 0 Å². The monoisotopic (exact) mass is 384 g/mol. The molecule has 0 spiro atoms. The number of aryl methyl sites for hydroxylation is 1. The summed E-state index contributed by atoms with van der Waals surface area (Å²) in [6, 6.07) is -0.159. The van der Waals surface area contributed by atoms with Gasteiger partial charge < -0.3 is 9.42 Å². The van der Waals surface area contributed by atoms with E-state index in [1.807, 2.05) is 0 Å². The highest BCUT2D eigenvalue weighted by Crippen LogP contribution is 2.28. The molecule has 3 rings (SSSR count). The van der Waals surface area contributed by atoms with Crippen molar-refractivity contribution in [1.29, 1.82) is 0 Å². The summed E-state index contributed by atoms with van der Waals surface area (Å²) in [5, 5.41) is 3.81. The number of carbonyl (C=O) groups excluding carboxylic acids is 1.